The molecule has 0 aliphatic rings. The number of nitrogens with two attached hydrogens (primary N) is 1. The highest BCUT2D eigenvalue weighted by atomic mass is 16.2. The summed E-state index contributed by atoms with van der Waals surface area (Å²) in [5.74, 6) is -0.407. The van der Waals surface area contributed by atoms with Gasteiger partial charge in [0.2, 0.25) is 5.43 Å². The molecule has 0 unspecified atom stereocenters. The van der Waals surface area contributed by atoms with Crippen molar-refractivity contribution in [3.05, 3.63) is 40.2 Å². The highest BCUT2D eigenvalue weighted by molar-refractivity contribution is 5.99. The van der Waals surface area contributed by atoms with Gasteiger partial charge in [0.1, 0.15) is 5.56 Å². The second kappa shape index (κ2) is 3.93. The van der Waals surface area contributed by atoms with Gasteiger partial charge in [-0.25, -0.2) is 0 Å². The second-order valence-electron chi connectivity index (χ2n) is 3.80. The lowest BCUT2D eigenvalue weighted by Crippen LogP contribution is -2.27. The molecule has 17 heavy (non-hydrogen) atoms. The summed E-state index contributed by atoms with van der Waals surface area (Å²) in [7, 11) is 3.26. The van der Waals surface area contributed by atoms with Gasteiger partial charge in [-0.1, -0.05) is 6.07 Å². The van der Waals surface area contributed by atoms with Crippen LogP contribution < -0.4 is 16.5 Å². The highest BCUT2D eigenvalue weighted by Gasteiger charge is 2.14. The lowest BCUT2D eigenvalue weighted by Gasteiger charge is -2.09. The average Bonchev–Trinajstić information content (AvgIpc) is 2.32. The van der Waals surface area contributed by atoms with Crippen molar-refractivity contribution in [3.8, 4) is 0 Å². The lowest BCUT2D eigenvalue weighted by molar-refractivity contribution is 0.0961. The number of nitrogens with zero attached hydrogens (tertiary/aromatic N) is 1. The third-order valence-corrected chi connectivity index (χ3v) is 2.72. The maximum absolute atomic E-state index is 12.1. The van der Waals surface area contributed by atoms with Gasteiger partial charge < -0.3 is 15.6 Å². The smallest absolute Gasteiger partial charge is 0.256 e. The summed E-state index contributed by atoms with van der Waals surface area (Å²) in [5, 5.41) is 2.83. The number of rotatable bonds is 1. The fourth-order valence-corrected chi connectivity index (χ4v) is 1.85. The predicted molar refractivity (Wildman–Crippen MR) is 67.0 cm³/mol. The second-order valence-corrected chi connectivity index (χ2v) is 3.80. The summed E-state index contributed by atoms with van der Waals surface area (Å²) in [6, 6.07) is 5.22. The molecule has 2 rings (SSSR count). The van der Waals surface area contributed by atoms with E-state index in [2.05, 4.69) is 5.32 Å². The van der Waals surface area contributed by atoms with Crippen LogP contribution in [-0.2, 0) is 7.05 Å². The van der Waals surface area contributed by atoms with Gasteiger partial charge in [-0.05, 0) is 12.1 Å². The number of carbonyl (C=O) groups is 1. The molecule has 1 amide bonds. The molecule has 0 saturated carbocycles. The van der Waals surface area contributed by atoms with E-state index < -0.39 is 5.91 Å². The zero-order chi connectivity index (χ0) is 12.6. The first-order chi connectivity index (χ1) is 8.06. The molecule has 0 bridgehead atoms. The summed E-state index contributed by atoms with van der Waals surface area (Å²) >= 11 is 0. The summed E-state index contributed by atoms with van der Waals surface area (Å²) < 4.78 is 1.72. The van der Waals surface area contributed by atoms with Crippen molar-refractivity contribution in [2.45, 2.75) is 0 Å². The van der Waals surface area contributed by atoms with Crippen LogP contribution in [0.5, 0.6) is 0 Å². The van der Waals surface area contributed by atoms with Gasteiger partial charge >= 0.3 is 0 Å². The molecule has 88 valence electrons. The van der Waals surface area contributed by atoms with Crippen LogP contribution in [-0.4, -0.2) is 17.5 Å². The van der Waals surface area contributed by atoms with Gasteiger partial charge in [0.05, 0.1) is 10.9 Å². The van der Waals surface area contributed by atoms with Gasteiger partial charge in [0, 0.05) is 26.0 Å². The molecular formula is C12H13N3O2. The van der Waals surface area contributed by atoms with Crippen molar-refractivity contribution in [2.75, 3.05) is 12.8 Å². The van der Waals surface area contributed by atoms with Crippen molar-refractivity contribution in [2.24, 2.45) is 7.05 Å². The number of nitrogens with one attached hydrogen (secondary N) is 1. The molecule has 1 aromatic carbocycles. The van der Waals surface area contributed by atoms with Gasteiger partial charge in [0.25, 0.3) is 5.91 Å². The number of nitrogen functional groups attached to an aromatic ring is 1. The van der Waals surface area contributed by atoms with Crippen molar-refractivity contribution >= 4 is 22.5 Å². The Balaban J connectivity index is 2.94. The number of carbonyl (C=O) groups excluding carboxylic acids is 1. The number of aryl methyl sites for hydroxylation is 1. The first-order valence-electron chi connectivity index (χ1n) is 5.16. The first kappa shape index (κ1) is 11.2. The summed E-state index contributed by atoms with van der Waals surface area (Å²) in [6.45, 7) is 0. The van der Waals surface area contributed by atoms with E-state index in [4.69, 9.17) is 5.73 Å². The molecule has 5 heteroatoms. The van der Waals surface area contributed by atoms with Gasteiger partial charge in [0.15, 0.2) is 0 Å². The van der Waals surface area contributed by atoms with Crippen molar-refractivity contribution in [1.29, 1.82) is 0 Å². The Morgan fingerprint density at radius 3 is 2.76 bits per heavy atom. The van der Waals surface area contributed by atoms with E-state index in [0.29, 0.717) is 16.6 Å². The van der Waals surface area contributed by atoms with E-state index >= 15 is 0 Å². The zero-order valence-electron chi connectivity index (χ0n) is 9.65. The molecule has 0 fully saturated rings. The summed E-state index contributed by atoms with van der Waals surface area (Å²) in [6.07, 6.45) is 1.52. The molecule has 0 aliphatic carbocycles. The fourth-order valence-electron chi connectivity index (χ4n) is 1.85. The monoisotopic (exact) mass is 231 g/mol. The number of anilines is 1. The molecule has 1 heterocycles. The molecule has 0 radical (unpaired) electrons. The van der Waals surface area contributed by atoms with Crippen LogP contribution in [0.2, 0.25) is 0 Å². The van der Waals surface area contributed by atoms with Crippen LogP contribution in [0, 0.1) is 0 Å². The molecule has 0 spiro atoms. The Kier molecular flexibility index (Phi) is 2.59. The lowest BCUT2D eigenvalue weighted by atomic mass is 10.1. The molecule has 0 aliphatic heterocycles. The predicted octanol–water partition coefficient (Wildman–Crippen LogP) is 0.480. The van der Waals surface area contributed by atoms with Crippen LogP contribution in [0.15, 0.2) is 29.2 Å². The minimum Gasteiger partial charge on any atom is -0.398 e. The molecule has 3 N–H and O–H groups in total. The van der Waals surface area contributed by atoms with Crippen LogP contribution in [0.4, 0.5) is 5.69 Å². The van der Waals surface area contributed by atoms with Crippen molar-refractivity contribution in [3.63, 3.8) is 0 Å². The van der Waals surface area contributed by atoms with E-state index in [1.54, 1.807) is 29.8 Å². The van der Waals surface area contributed by atoms with E-state index in [0.717, 1.165) is 0 Å². The molecular weight excluding hydrogens is 218 g/mol. The zero-order valence-corrected chi connectivity index (χ0v) is 9.65. The summed E-state index contributed by atoms with van der Waals surface area (Å²) in [4.78, 5) is 23.7. The molecule has 0 atom stereocenters. The normalized spacial score (nSPS) is 10.5. The van der Waals surface area contributed by atoms with Crippen molar-refractivity contribution < 1.29 is 4.79 Å². The maximum atomic E-state index is 12.1. The minimum absolute atomic E-state index is 0.0976. The number of hydrogen-bond acceptors (Lipinski definition) is 3. The Bertz CT molecular complexity index is 659. The van der Waals surface area contributed by atoms with Gasteiger partial charge in [-0.2, -0.15) is 0 Å². The number of benzene rings is 1. The number of pyridine rings is 1. The van der Waals surface area contributed by atoms with Gasteiger partial charge in [-0.3, -0.25) is 9.59 Å². The average molecular weight is 231 g/mol. The maximum Gasteiger partial charge on any atom is 0.256 e. The van der Waals surface area contributed by atoms with E-state index in [1.807, 2.05) is 0 Å². The standard InChI is InChI=1S/C12H13N3O2/c1-14-12(17)7-6-15(2)9-5-3-4-8(13)10(9)11(7)16/h3-6H,13H2,1-2H3,(H,14,17). The Labute approximate surface area is 97.9 Å². The third kappa shape index (κ3) is 1.65. The van der Waals surface area contributed by atoms with Crippen LogP contribution in [0.1, 0.15) is 10.4 Å². The topological polar surface area (TPSA) is 77.1 Å². The Morgan fingerprint density at radius 1 is 1.41 bits per heavy atom. The number of aromatic nitrogens is 1. The van der Waals surface area contributed by atoms with E-state index in [-0.39, 0.29) is 11.0 Å². The molecule has 1 aromatic heterocycles. The van der Waals surface area contributed by atoms with Crippen LogP contribution in [0.25, 0.3) is 10.9 Å². The minimum atomic E-state index is -0.407. The SMILES string of the molecule is CNC(=O)c1cn(C)c2cccc(N)c2c1=O. The van der Waals surface area contributed by atoms with Crippen LogP contribution >= 0.6 is 0 Å². The first-order valence-corrected chi connectivity index (χ1v) is 5.16. The van der Waals surface area contributed by atoms with Gasteiger partial charge in [-0.15, -0.1) is 0 Å². The number of amides is 1. The molecule has 5 nitrogen and oxygen atoms in total. The Hall–Kier alpha value is -2.30. The van der Waals surface area contributed by atoms with E-state index in [1.165, 1.54) is 13.2 Å². The third-order valence-electron chi connectivity index (χ3n) is 2.72. The number of fused-ring (bicyclic) bond motifs is 1. The van der Waals surface area contributed by atoms with Crippen LogP contribution in [0.3, 0.4) is 0 Å². The fraction of sp³-hybridized carbons (Fsp3) is 0.167. The Morgan fingerprint density at radius 2 is 2.12 bits per heavy atom. The number of hydrogen-bond donors (Lipinski definition) is 2. The summed E-state index contributed by atoms with van der Waals surface area (Å²) in [5.41, 5.74) is 6.65. The van der Waals surface area contributed by atoms with E-state index in [9.17, 15) is 9.59 Å². The molecule has 2 aromatic rings. The largest absolute Gasteiger partial charge is 0.398 e. The van der Waals surface area contributed by atoms with Crippen molar-refractivity contribution in [1.82, 2.24) is 9.88 Å². The quantitative estimate of drug-likeness (QED) is 0.701. The highest BCUT2D eigenvalue weighted by Crippen LogP contribution is 2.17. The molecule has 0 saturated heterocycles.